The molecular weight excluding hydrogens is 357 g/mol. The first kappa shape index (κ1) is 18.4. The van der Waals surface area contributed by atoms with Gasteiger partial charge in [0, 0.05) is 37.4 Å². The molecule has 1 fully saturated rings. The fraction of sp³-hybridized carbons (Fsp3) is 0.263. The van der Waals surface area contributed by atoms with Crippen LogP contribution in [0.15, 0.2) is 42.5 Å². The van der Waals surface area contributed by atoms with Gasteiger partial charge in [0.15, 0.2) is 0 Å². The van der Waals surface area contributed by atoms with Crippen LogP contribution in [0, 0.1) is 5.82 Å². The van der Waals surface area contributed by atoms with E-state index in [4.69, 9.17) is 11.6 Å². The van der Waals surface area contributed by atoms with E-state index in [1.807, 2.05) is 11.9 Å². The van der Waals surface area contributed by atoms with Crippen molar-refractivity contribution in [3.05, 3.63) is 64.4 Å². The van der Waals surface area contributed by atoms with Crippen LogP contribution in [0.1, 0.15) is 20.7 Å². The molecule has 26 heavy (non-hydrogen) atoms. The Kier molecular flexibility index (Phi) is 5.54. The third kappa shape index (κ3) is 4.03. The van der Waals surface area contributed by atoms with E-state index in [9.17, 15) is 14.0 Å². The SMILES string of the molecule is CN1CCN(C(=O)c2ccc(NC(=O)c3c(F)cccc3Cl)cc2)CC1. The van der Waals surface area contributed by atoms with Gasteiger partial charge in [0.1, 0.15) is 5.82 Å². The lowest BCUT2D eigenvalue weighted by atomic mass is 10.1. The maximum Gasteiger partial charge on any atom is 0.260 e. The second kappa shape index (κ2) is 7.85. The number of rotatable bonds is 3. The molecule has 2 aromatic rings. The highest BCUT2D eigenvalue weighted by Gasteiger charge is 2.20. The Morgan fingerprint density at radius 3 is 2.31 bits per heavy atom. The van der Waals surface area contributed by atoms with Crippen molar-refractivity contribution in [2.24, 2.45) is 0 Å². The van der Waals surface area contributed by atoms with E-state index in [-0.39, 0.29) is 16.5 Å². The molecule has 0 aromatic heterocycles. The molecular formula is C19H19ClFN3O2. The van der Waals surface area contributed by atoms with Crippen LogP contribution in [0.25, 0.3) is 0 Å². The molecule has 1 N–H and O–H groups in total. The van der Waals surface area contributed by atoms with Crippen LogP contribution in [-0.4, -0.2) is 54.8 Å². The lowest BCUT2D eigenvalue weighted by Gasteiger charge is -2.32. The molecule has 3 rings (SSSR count). The molecule has 1 aliphatic rings. The predicted octanol–water partition coefficient (Wildman–Crippen LogP) is 3.12. The van der Waals surface area contributed by atoms with Crippen LogP contribution in [0.3, 0.4) is 0 Å². The molecule has 0 spiro atoms. The predicted molar refractivity (Wildman–Crippen MR) is 99.2 cm³/mol. The van der Waals surface area contributed by atoms with E-state index in [0.29, 0.717) is 24.3 Å². The molecule has 1 aliphatic heterocycles. The summed E-state index contributed by atoms with van der Waals surface area (Å²) in [5.74, 6) is -1.35. The highest BCUT2D eigenvalue weighted by atomic mass is 35.5. The molecule has 2 amide bonds. The molecule has 0 radical (unpaired) electrons. The molecule has 0 bridgehead atoms. The van der Waals surface area contributed by atoms with Crippen molar-refractivity contribution in [1.29, 1.82) is 0 Å². The van der Waals surface area contributed by atoms with Crippen molar-refractivity contribution in [3.63, 3.8) is 0 Å². The van der Waals surface area contributed by atoms with Gasteiger partial charge in [0.05, 0.1) is 10.6 Å². The lowest BCUT2D eigenvalue weighted by molar-refractivity contribution is 0.0664. The summed E-state index contributed by atoms with van der Waals surface area (Å²) in [4.78, 5) is 28.7. The van der Waals surface area contributed by atoms with E-state index in [1.54, 1.807) is 24.3 Å². The minimum absolute atomic E-state index is 0.0341. The average Bonchev–Trinajstić information content (AvgIpc) is 2.62. The molecule has 0 aliphatic carbocycles. The lowest BCUT2D eigenvalue weighted by Crippen LogP contribution is -2.47. The number of carbonyl (C=O) groups is 2. The van der Waals surface area contributed by atoms with E-state index >= 15 is 0 Å². The van der Waals surface area contributed by atoms with Gasteiger partial charge in [-0.1, -0.05) is 17.7 Å². The molecule has 0 saturated carbocycles. The van der Waals surface area contributed by atoms with Crippen molar-refractivity contribution in [3.8, 4) is 0 Å². The second-order valence-corrected chi connectivity index (χ2v) is 6.63. The number of likely N-dealkylation sites (N-methyl/N-ethyl adjacent to an activating group) is 1. The molecule has 1 saturated heterocycles. The first-order valence-electron chi connectivity index (χ1n) is 8.29. The summed E-state index contributed by atoms with van der Waals surface area (Å²) in [5, 5.41) is 2.64. The molecule has 7 heteroatoms. The van der Waals surface area contributed by atoms with Crippen LogP contribution in [0.4, 0.5) is 10.1 Å². The maximum absolute atomic E-state index is 13.8. The van der Waals surface area contributed by atoms with Gasteiger partial charge < -0.3 is 15.1 Å². The van der Waals surface area contributed by atoms with Crippen molar-refractivity contribution in [2.45, 2.75) is 0 Å². The van der Waals surface area contributed by atoms with Crippen molar-refractivity contribution in [1.82, 2.24) is 9.80 Å². The number of hydrogen-bond donors (Lipinski definition) is 1. The Labute approximate surface area is 156 Å². The van der Waals surface area contributed by atoms with Gasteiger partial charge in [-0.3, -0.25) is 9.59 Å². The second-order valence-electron chi connectivity index (χ2n) is 6.22. The zero-order valence-electron chi connectivity index (χ0n) is 14.3. The first-order chi connectivity index (χ1) is 12.5. The monoisotopic (exact) mass is 375 g/mol. The number of halogens is 2. The van der Waals surface area contributed by atoms with Crippen molar-refractivity contribution in [2.75, 3.05) is 38.5 Å². The molecule has 5 nitrogen and oxygen atoms in total. The summed E-state index contributed by atoms with van der Waals surface area (Å²) in [7, 11) is 2.03. The fourth-order valence-corrected chi connectivity index (χ4v) is 3.05. The van der Waals surface area contributed by atoms with Gasteiger partial charge in [-0.15, -0.1) is 0 Å². The maximum atomic E-state index is 13.8. The number of carbonyl (C=O) groups excluding carboxylic acids is 2. The third-order valence-corrected chi connectivity index (χ3v) is 4.69. The minimum atomic E-state index is -0.683. The standard InChI is InChI=1S/C19H19ClFN3O2/c1-23-9-11-24(12-10-23)19(26)13-5-7-14(8-6-13)22-18(25)17-15(20)3-2-4-16(17)21/h2-8H,9-12H2,1H3,(H,22,25). The van der Waals surface area contributed by atoms with Gasteiger partial charge in [-0.2, -0.15) is 0 Å². The van der Waals surface area contributed by atoms with Crippen LogP contribution < -0.4 is 5.32 Å². The van der Waals surface area contributed by atoms with E-state index < -0.39 is 11.7 Å². The number of piperazine rings is 1. The first-order valence-corrected chi connectivity index (χ1v) is 8.67. The Bertz CT molecular complexity index is 798. The normalized spacial score (nSPS) is 15.0. The molecule has 0 atom stereocenters. The summed E-state index contributed by atoms with van der Waals surface area (Å²) in [5.41, 5.74) is 0.812. The van der Waals surface area contributed by atoms with Gasteiger partial charge in [0.2, 0.25) is 0 Å². The Balaban J connectivity index is 1.68. The minimum Gasteiger partial charge on any atom is -0.336 e. The number of anilines is 1. The molecule has 1 heterocycles. The Hall–Kier alpha value is -2.44. The highest BCUT2D eigenvalue weighted by molar-refractivity contribution is 6.34. The van der Waals surface area contributed by atoms with Crippen molar-refractivity contribution < 1.29 is 14.0 Å². The largest absolute Gasteiger partial charge is 0.336 e. The quantitative estimate of drug-likeness (QED) is 0.896. The van der Waals surface area contributed by atoms with Crippen LogP contribution in [0.2, 0.25) is 5.02 Å². The Morgan fingerprint density at radius 2 is 1.69 bits per heavy atom. The van der Waals surface area contributed by atoms with Crippen molar-refractivity contribution >= 4 is 29.1 Å². The summed E-state index contributed by atoms with van der Waals surface area (Å²) < 4.78 is 13.8. The smallest absolute Gasteiger partial charge is 0.260 e. The number of nitrogens with one attached hydrogen (secondary N) is 1. The zero-order valence-corrected chi connectivity index (χ0v) is 15.1. The summed E-state index contributed by atoms with van der Waals surface area (Å²) in [6, 6.07) is 10.6. The summed E-state index contributed by atoms with van der Waals surface area (Å²) in [6.07, 6.45) is 0. The van der Waals surface area contributed by atoms with Crippen LogP contribution in [-0.2, 0) is 0 Å². The fourth-order valence-electron chi connectivity index (χ4n) is 2.80. The number of nitrogens with zero attached hydrogens (tertiary/aromatic N) is 2. The van der Waals surface area contributed by atoms with Gasteiger partial charge in [-0.25, -0.2) is 4.39 Å². The molecule has 2 aromatic carbocycles. The highest BCUT2D eigenvalue weighted by Crippen LogP contribution is 2.21. The summed E-state index contributed by atoms with van der Waals surface area (Å²) in [6.45, 7) is 3.09. The van der Waals surface area contributed by atoms with Gasteiger partial charge in [-0.05, 0) is 43.4 Å². The number of benzene rings is 2. The van der Waals surface area contributed by atoms with E-state index in [2.05, 4.69) is 10.2 Å². The van der Waals surface area contributed by atoms with Gasteiger partial charge >= 0.3 is 0 Å². The molecule has 136 valence electrons. The van der Waals surface area contributed by atoms with E-state index in [0.717, 1.165) is 13.1 Å². The topological polar surface area (TPSA) is 52.6 Å². The zero-order chi connectivity index (χ0) is 18.7. The van der Waals surface area contributed by atoms with Gasteiger partial charge in [0.25, 0.3) is 11.8 Å². The van der Waals surface area contributed by atoms with E-state index in [1.165, 1.54) is 18.2 Å². The number of amides is 2. The van der Waals surface area contributed by atoms with Crippen LogP contribution in [0.5, 0.6) is 0 Å². The van der Waals surface area contributed by atoms with Crippen LogP contribution >= 0.6 is 11.6 Å². The third-order valence-electron chi connectivity index (χ3n) is 4.37. The summed E-state index contributed by atoms with van der Waals surface area (Å²) >= 11 is 5.90. The molecule has 0 unspecified atom stereocenters. The average molecular weight is 376 g/mol. The number of hydrogen-bond acceptors (Lipinski definition) is 3. The Morgan fingerprint density at radius 1 is 1.04 bits per heavy atom.